The molecule has 5 nitrogen and oxygen atoms in total. The highest BCUT2D eigenvalue weighted by Gasteiger charge is 2.27. The van der Waals surface area contributed by atoms with Crippen LogP contribution < -0.4 is 10.1 Å². The maximum Gasteiger partial charge on any atom is 0.262 e. The number of aromatic nitrogens is 2. The molecule has 1 amide bonds. The summed E-state index contributed by atoms with van der Waals surface area (Å²) in [5.74, 6) is 0.577. The number of carbonyl (C=O) groups is 1. The maximum atomic E-state index is 12.9. The van der Waals surface area contributed by atoms with E-state index in [1.54, 1.807) is 0 Å². The highest BCUT2D eigenvalue weighted by molar-refractivity contribution is 5.92. The van der Waals surface area contributed by atoms with E-state index < -0.39 is 0 Å². The van der Waals surface area contributed by atoms with Crippen LogP contribution in [0.15, 0.2) is 67.0 Å². The molecule has 0 spiro atoms. The molecule has 4 aromatic rings. The lowest BCUT2D eigenvalue weighted by molar-refractivity contribution is -0.118. The maximum absolute atomic E-state index is 12.9. The molecular formula is C32H39N3O2. The topological polar surface area (TPSA) is 55.6 Å². The molecule has 0 unspecified atom stereocenters. The zero-order valence-corrected chi connectivity index (χ0v) is 23.2. The van der Waals surface area contributed by atoms with Crippen LogP contribution in [-0.4, -0.2) is 21.9 Å². The molecule has 0 bridgehead atoms. The van der Waals surface area contributed by atoms with Crippen molar-refractivity contribution in [2.75, 3.05) is 11.9 Å². The summed E-state index contributed by atoms with van der Waals surface area (Å²) in [6.07, 6.45) is 6.02. The second kappa shape index (κ2) is 10.4. The van der Waals surface area contributed by atoms with Gasteiger partial charge in [-0.05, 0) is 66.0 Å². The quantitative estimate of drug-likeness (QED) is 0.258. The van der Waals surface area contributed by atoms with E-state index in [0.29, 0.717) is 5.69 Å². The van der Waals surface area contributed by atoms with Crippen molar-refractivity contribution < 1.29 is 9.53 Å². The predicted molar refractivity (Wildman–Crippen MR) is 153 cm³/mol. The Morgan fingerprint density at radius 2 is 1.73 bits per heavy atom. The van der Waals surface area contributed by atoms with E-state index in [-0.39, 0.29) is 23.3 Å². The first kappa shape index (κ1) is 26.5. The first-order chi connectivity index (χ1) is 17.5. The van der Waals surface area contributed by atoms with Crippen molar-refractivity contribution in [2.45, 2.75) is 72.1 Å². The number of nitrogens with one attached hydrogen (secondary N) is 1. The molecule has 194 valence electrons. The van der Waals surface area contributed by atoms with E-state index in [2.05, 4.69) is 59.0 Å². The van der Waals surface area contributed by atoms with Crippen LogP contribution in [0, 0.1) is 6.92 Å². The first-order valence-electron chi connectivity index (χ1n) is 13.2. The van der Waals surface area contributed by atoms with E-state index in [1.807, 2.05) is 66.2 Å². The van der Waals surface area contributed by atoms with E-state index in [1.165, 1.54) is 5.56 Å². The first-order valence-corrected chi connectivity index (χ1v) is 13.2. The van der Waals surface area contributed by atoms with Crippen LogP contribution in [0.4, 0.5) is 5.69 Å². The molecule has 0 aliphatic carbocycles. The van der Waals surface area contributed by atoms with Gasteiger partial charge in [0.25, 0.3) is 5.91 Å². The summed E-state index contributed by atoms with van der Waals surface area (Å²) >= 11 is 0. The Labute approximate surface area is 220 Å². The lowest BCUT2D eigenvalue weighted by Gasteiger charge is -2.30. The Kier molecular flexibility index (Phi) is 7.44. The normalized spacial score (nSPS) is 12.1. The summed E-state index contributed by atoms with van der Waals surface area (Å²) in [5, 5.41) is 2.99. The predicted octanol–water partition coefficient (Wildman–Crippen LogP) is 7.70. The van der Waals surface area contributed by atoms with Gasteiger partial charge in [-0.3, -0.25) is 4.79 Å². The number of nitrogens with zero attached hydrogens (tertiary/aromatic N) is 2. The number of pyridine rings is 1. The van der Waals surface area contributed by atoms with Crippen molar-refractivity contribution in [2.24, 2.45) is 0 Å². The lowest BCUT2D eigenvalue weighted by atomic mass is 9.76. The number of hydrogen-bond acceptors (Lipinski definition) is 3. The van der Waals surface area contributed by atoms with Gasteiger partial charge in [-0.15, -0.1) is 0 Å². The minimum Gasteiger partial charge on any atom is -0.483 e. The number of imidazole rings is 1. The zero-order valence-electron chi connectivity index (χ0n) is 23.2. The van der Waals surface area contributed by atoms with Crippen molar-refractivity contribution in [1.82, 2.24) is 9.38 Å². The molecule has 1 N–H and O–H groups in total. The second-order valence-electron chi connectivity index (χ2n) is 11.2. The van der Waals surface area contributed by atoms with Crippen LogP contribution >= 0.6 is 0 Å². The number of fused-ring (bicyclic) bond motifs is 1. The number of rotatable bonds is 9. The molecular weight excluding hydrogens is 458 g/mol. The van der Waals surface area contributed by atoms with Crippen LogP contribution in [-0.2, 0) is 15.6 Å². The Balaban J connectivity index is 1.50. The molecule has 2 heterocycles. The number of ether oxygens (including phenoxy) is 1. The van der Waals surface area contributed by atoms with E-state index >= 15 is 0 Å². The summed E-state index contributed by atoms with van der Waals surface area (Å²) in [6, 6.07) is 18.2. The molecule has 37 heavy (non-hydrogen) atoms. The van der Waals surface area contributed by atoms with Crippen LogP contribution in [0.5, 0.6) is 5.75 Å². The van der Waals surface area contributed by atoms with Crippen molar-refractivity contribution in [3.63, 3.8) is 0 Å². The third kappa shape index (κ3) is 5.71. The van der Waals surface area contributed by atoms with Gasteiger partial charge in [-0.25, -0.2) is 4.98 Å². The lowest BCUT2D eigenvalue weighted by Crippen LogP contribution is -2.24. The van der Waals surface area contributed by atoms with Gasteiger partial charge >= 0.3 is 0 Å². The van der Waals surface area contributed by atoms with Crippen molar-refractivity contribution in [3.05, 3.63) is 83.7 Å². The van der Waals surface area contributed by atoms with Crippen LogP contribution in [0.3, 0.4) is 0 Å². The van der Waals surface area contributed by atoms with Gasteiger partial charge in [0, 0.05) is 29.2 Å². The summed E-state index contributed by atoms with van der Waals surface area (Å²) in [7, 11) is 0. The molecule has 2 aromatic heterocycles. The molecule has 0 fully saturated rings. The van der Waals surface area contributed by atoms with E-state index in [9.17, 15) is 4.79 Å². The van der Waals surface area contributed by atoms with Crippen LogP contribution in [0.1, 0.15) is 71.1 Å². The summed E-state index contributed by atoms with van der Waals surface area (Å²) in [4.78, 5) is 17.6. The monoisotopic (exact) mass is 497 g/mol. The summed E-state index contributed by atoms with van der Waals surface area (Å²) in [5.41, 5.74) is 7.03. The van der Waals surface area contributed by atoms with E-state index in [0.717, 1.165) is 46.6 Å². The van der Waals surface area contributed by atoms with Gasteiger partial charge in [0.15, 0.2) is 6.61 Å². The Hall–Kier alpha value is -3.60. The average Bonchev–Trinajstić information content (AvgIpc) is 3.33. The van der Waals surface area contributed by atoms with Crippen molar-refractivity contribution in [1.29, 1.82) is 0 Å². The fourth-order valence-electron chi connectivity index (χ4n) is 4.39. The molecule has 0 aliphatic heterocycles. The zero-order chi connectivity index (χ0) is 26.8. The summed E-state index contributed by atoms with van der Waals surface area (Å²) < 4.78 is 8.12. The Morgan fingerprint density at radius 3 is 2.43 bits per heavy atom. The van der Waals surface area contributed by atoms with Gasteiger partial charge in [0.05, 0.1) is 5.69 Å². The molecule has 0 atom stereocenters. The minimum atomic E-state index is -0.193. The van der Waals surface area contributed by atoms with Crippen LogP contribution in [0.25, 0.3) is 16.9 Å². The van der Waals surface area contributed by atoms with Gasteiger partial charge in [0.2, 0.25) is 0 Å². The second-order valence-corrected chi connectivity index (χ2v) is 11.2. The van der Waals surface area contributed by atoms with Crippen molar-refractivity contribution >= 4 is 17.2 Å². The molecule has 5 heteroatoms. The summed E-state index contributed by atoms with van der Waals surface area (Å²) in [6.45, 7) is 15.4. The SMILES string of the molecule is CCC(C)(C)c1ccc(OCC(=O)Nc2cccc(-c3cn4cccc(C)c4n3)c2)c(C(C)(C)CC)c1. The largest absolute Gasteiger partial charge is 0.483 e. The number of hydrogen-bond donors (Lipinski definition) is 1. The Bertz CT molecular complexity index is 1410. The molecule has 2 aromatic carbocycles. The van der Waals surface area contributed by atoms with Crippen LogP contribution in [0.2, 0.25) is 0 Å². The highest BCUT2D eigenvalue weighted by atomic mass is 16.5. The number of benzene rings is 2. The highest BCUT2D eigenvalue weighted by Crippen LogP contribution is 2.38. The number of amides is 1. The number of aryl methyl sites for hydroxylation is 1. The Morgan fingerprint density at radius 1 is 0.973 bits per heavy atom. The fraction of sp³-hybridized carbons (Fsp3) is 0.375. The number of anilines is 1. The smallest absolute Gasteiger partial charge is 0.262 e. The third-order valence-electron chi connectivity index (χ3n) is 7.74. The van der Waals surface area contributed by atoms with Gasteiger partial charge in [-0.1, -0.05) is 71.9 Å². The van der Waals surface area contributed by atoms with E-state index in [4.69, 9.17) is 9.72 Å². The fourth-order valence-corrected chi connectivity index (χ4v) is 4.39. The molecule has 0 aliphatic rings. The average molecular weight is 498 g/mol. The molecule has 0 radical (unpaired) electrons. The molecule has 0 saturated carbocycles. The number of carbonyl (C=O) groups excluding carboxylic acids is 1. The van der Waals surface area contributed by atoms with Gasteiger partial charge in [0.1, 0.15) is 11.4 Å². The molecule has 0 saturated heterocycles. The van der Waals surface area contributed by atoms with Gasteiger partial charge < -0.3 is 14.5 Å². The molecule has 4 rings (SSSR count). The van der Waals surface area contributed by atoms with Gasteiger partial charge in [-0.2, -0.15) is 0 Å². The standard InChI is InChI=1S/C32H39N3O2/c1-8-31(4,5)24-15-16-28(26(19-24)32(6,7)9-2)37-21-29(36)33-25-14-10-13-23(18-25)27-20-35-17-11-12-22(3)30(35)34-27/h10-20H,8-9,21H2,1-7H3,(H,33,36). The van der Waals surface area contributed by atoms with Crippen molar-refractivity contribution in [3.8, 4) is 17.0 Å². The third-order valence-corrected chi connectivity index (χ3v) is 7.74. The minimum absolute atomic E-state index is 0.0545.